The van der Waals surface area contributed by atoms with E-state index in [2.05, 4.69) is 15.2 Å². The van der Waals surface area contributed by atoms with Crippen molar-refractivity contribution >= 4 is 39.1 Å². The van der Waals surface area contributed by atoms with Gasteiger partial charge in [0.2, 0.25) is 5.91 Å². The maximum atomic E-state index is 12.4. The summed E-state index contributed by atoms with van der Waals surface area (Å²) < 4.78 is 24.7. The largest absolute Gasteiger partial charge is 0.278 e. The zero-order chi connectivity index (χ0) is 18.5. The molecule has 4 fully saturated rings. The van der Waals surface area contributed by atoms with Crippen LogP contribution in [0, 0.1) is 23.2 Å². The van der Waals surface area contributed by atoms with Crippen molar-refractivity contribution < 1.29 is 13.2 Å². The molecule has 0 atom stereocenters. The number of carbonyl (C=O) groups is 1. The van der Waals surface area contributed by atoms with E-state index in [0.717, 1.165) is 37.0 Å². The lowest BCUT2D eigenvalue weighted by Gasteiger charge is -2.56. The van der Waals surface area contributed by atoms with Crippen molar-refractivity contribution in [2.45, 2.75) is 49.8 Å². The van der Waals surface area contributed by atoms with Crippen LogP contribution < -0.4 is 10.3 Å². The Labute approximate surface area is 163 Å². The maximum Gasteiger partial charge on any atom is 0.260 e. The minimum atomic E-state index is -4.00. The molecule has 4 aliphatic carbocycles. The molecule has 1 heterocycles. The molecular weight excluding hydrogens is 397 g/mol. The van der Waals surface area contributed by atoms with E-state index >= 15 is 0 Å². The number of hydrazine groups is 1. The lowest BCUT2D eigenvalue weighted by molar-refractivity contribution is -0.129. The number of rotatable bonds is 5. The molecule has 0 spiro atoms. The lowest BCUT2D eigenvalue weighted by Crippen LogP contribution is -2.50. The van der Waals surface area contributed by atoms with Gasteiger partial charge in [-0.05, 0) is 73.8 Å². The molecule has 6 nitrogen and oxygen atoms in total. The second-order valence-electron chi connectivity index (χ2n) is 8.17. The maximum absolute atomic E-state index is 12.4. The van der Waals surface area contributed by atoms with Crippen molar-refractivity contribution in [2.75, 3.05) is 0 Å². The molecule has 0 saturated heterocycles. The van der Waals surface area contributed by atoms with Gasteiger partial charge < -0.3 is 0 Å². The van der Waals surface area contributed by atoms with Crippen LogP contribution in [-0.4, -0.2) is 19.3 Å². The second-order valence-corrected chi connectivity index (χ2v) is 10.6. The molecule has 9 heteroatoms. The average Bonchev–Trinajstić information content (AvgIpc) is 2.51. The van der Waals surface area contributed by atoms with E-state index in [0.29, 0.717) is 6.42 Å². The zero-order valence-corrected chi connectivity index (χ0v) is 16.5. The third kappa shape index (κ3) is 3.59. The highest BCUT2D eigenvalue weighted by molar-refractivity contribution is 7.89. The van der Waals surface area contributed by atoms with Crippen molar-refractivity contribution in [3.05, 3.63) is 22.4 Å². The highest BCUT2D eigenvalue weighted by Gasteiger charge is 2.51. The summed E-state index contributed by atoms with van der Waals surface area (Å²) in [6.07, 6.45) is 7.54. The topological polar surface area (TPSA) is 88.2 Å². The van der Waals surface area contributed by atoms with Crippen LogP contribution in [0.2, 0.25) is 10.3 Å². The van der Waals surface area contributed by atoms with E-state index in [1.54, 1.807) is 0 Å². The molecule has 0 aromatic carbocycles. The van der Waals surface area contributed by atoms with E-state index in [4.69, 9.17) is 23.2 Å². The first kappa shape index (κ1) is 18.5. The molecule has 4 bridgehead atoms. The number of halogens is 2. The molecule has 0 radical (unpaired) electrons. The first-order valence-electron chi connectivity index (χ1n) is 8.87. The van der Waals surface area contributed by atoms with Crippen LogP contribution in [0.3, 0.4) is 0 Å². The normalized spacial score (nSPS) is 32.6. The van der Waals surface area contributed by atoms with Gasteiger partial charge in [-0.2, -0.15) is 0 Å². The first-order valence-corrected chi connectivity index (χ1v) is 11.1. The lowest BCUT2D eigenvalue weighted by atomic mass is 9.49. The third-order valence-corrected chi connectivity index (χ3v) is 7.99. The summed E-state index contributed by atoms with van der Waals surface area (Å²) in [5.74, 6) is 1.92. The van der Waals surface area contributed by atoms with Gasteiger partial charge >= 0.3 is 0 Å². The number of amides is 1. The molecule has 4 saturated carbocycles. The van der Waals surface area contributed by atoms with E-state index < -0.39 is 10.0 Å². The fraction of sp³-hybridized carbons (Fsp3) is 0.647. The van der Waals surface area contributed by atoms with Crippen LogP contribution in [0.25, 0.3) is 0 Å². The summed E-state index contributed by atoms with van der Waals surface area (Å²) >= 11 is 11.5. The Morgan fingerprint density at radius 1 is 1.12 bits per heavy atom. The Balaban J connectivity index is 1.40. The highest BCUT2D eigenvalue weighted by Crippen LogP contribution is 2.61. The monoisotopic (exact) mass is 417 g/mol. The van der Waals surface area contributed by atoms with Crippen molar-refractivity contribution in [1.82, 2.24) is 15.2 Å². The fourth-order valence-corrected chi connectivity index (χ4v) is 7.19. The molecular formula is C17H21Cl2N3O3S. The van der Waals surface area contributed by atoms with Gasteiger partial charge in [-0.1, -0.05) is 23.2 Å². The summed E-state index contributed by atoms with van der Waals surface area (Å²) in [5.41, 5.74) is 2.39. The Hall–Kier alpha value is -0.890. The SMILES string of the molecule is O=C(CC12CC3CC(CC(C3)C1)C2)NNS(=O)(=O)c1ccc(Cl)nc1Cl. The van der Waals surface area contributed by atoms with E-state index in [1.165, 1.54) is 31.4 Å². The molecule has 1 aromatic rings. The summed E-state index contributed by atoms with van der Waals surface area (Å²) in [6, 6.07) is 2.59. The van der Waals surface area contributed by atoms with Crippen molar-refractivity contribution in [3.8, 4) is 0 Å². The first-order chi connectivity index (χ1) is 12.2. The molecule has 1 amide bonds. The third-order valence-electron chi connectivity index (χ3n) is 6.10. The van der Waals surface area contributed by atoms with E-state index in [1.807, 2.05) is 0 Å². The van der Waals surface area contributed by atoms with Crippen molar-refractivity contribution in [2.24, 2.45) is 23.2 Å². The van der Waals surface area contributed by atoms with E-state index in [9.17, 15) is 13.2 Å². The van der Waals surface area contributed by atoms with Crippen LogP contribution in [0.15, 0.2) is 17.0 Å². The number of sulfonamides is 1. The van der Waals surface area contributed by atoms with Gasteiger partial charge in [0.25, 0.3) is 10.0 Å². The number of nitrogens with zero attached hydrogens (tertiary/aromatic N) is 1. The molecule has 2 N–H and O–H groups in total. The van der Waals surface area contributed by atoms with Gasteiger partial charge in [-0.25, -0.2) is 13.4 Å². The predicted octanol–water partition coefficient (Wildman–Crippen LogP) is 3.30. The fourth-order valence-electron chi connectivity index (χ4n) is 5.67. The molecule has 0 aliphatic heterocycles. The van der Waals surface area contributed by atoms with Gasteiger partial charge in [0.05, 0.1) is 0 Å². The highest BCUT2D eigenvalue weighted by atomic mass is 35.5. The molecule has 5 rings (SSSR count). The number of hydrogen-bond donors (Lipinski definition) is 2. The van der Waals surface area contributed by atoms with E-state index in [-0.39, 0.29) is 26.5 Å². The number of nitrogens with one attached hydrogen (secondary N) is 2. The van der Waals surface area contributed by atoms with Crippen molar-refractivity contribution in [3.63, 3.8) is 0 Å². The number of hydrogen-bond acceptors (Lipinski definition) is 4. The minimum absolute atomic E-state index is 0.0454. The quantitative estimate of drug-likeness (QED) is 0.567. The van der Waals surface area contributed by atoms with Crippen LogP contribution in [0.5, 0.6) is 0 Å². The Morgan fingerprint density at radius 2 is 1.69 bits per heavy atom. The minimum Gasteiger partial charge on any atom is -0.278 e. The molecule has 26 heavy (non-hydrogen) atoms. The Morgan fingerprint density at radius 3 is 2.23 bits per heavy atom. The zero-order valence-electron chi connectivity index (χ0n) is 14.2. The number of pyridine rings is 1. The van der Waals surface area contributed by atoms with Gasteiger partial charge in [-0.15, -0.1) is 4.83 Å². The molecule has 1 aromatic heterocycles. The number of aromatic nitrogens is 1. The van der Waals surface area contributed by atoms with Crippen molar-refractivity contribution in [1.29, 1.82) is 0 Å². The van der Waals surface area contributed by atoms with Crippen LogP contribution in [0.1, 0.15) is 44.9 Å². The van der Waals surface area contributed by atoms with Gasteiger partial charge in [0.15, 0.2) is 5.15 Å². The summed E-state index contributed by atoms with van der Waals surface area (Å²) in [4.78, 5) is 18.0. The Bertz CT molecular complexity index is 808. The summed E-state index contributed by atoms with van der Waals surface area (Å²) in [6.45, 7) is 0. The van der Waals surface area contributed by atoms with Gasteiger partial charge in [0.1, 0.15) is 10.0 Å². The molecule has 142 valence electrons. The number of carbonyl (C=O) groups excluding carboxylic acids is 1. The molecule has 4 aliphatic rings. The second kappa shape index (κ2) is 6.62. The predicted molar refractivity (Wildman–Crippen MR) is 97.9 cm³/mol. The van der Waals surface area contributed by atoms with Crippen LogP contribution in [0.4, 0.5) is 0 Å². The smallest absolute Gasteiger partial charge is 0.260 e. The Kier molecular flexibility index (Phi) is 4.70. The van der Waals surface area contributed by atoms with Crippen LogP contribution >= 0.6 is 23.2 Å². The summed E-state index contributed by atoms with van der Waals surface area (Å²) in [5, 5.41) is -0.139. The summed E-state index contributed by atoms with van der Waals surface area (Å²) in [7, 11) is -4.00. The van der Waals surface area contributed by atoms with Gasteiger partial charge in [0, 0.05) is 6.42 Å². The standard InChI is InChI=1S/C17H21Cl2N3O3S/c18-14-2-1-13(16(19)20-14)26(24,25)22-21-15(23)9-17-6-10-3-11(7-17)5-12(4-10)8-17/h1-2,10-12,22H,3-9H2,(H,21,23). The molecule has 0 unspecified atom stereocenters. The average molecular weight is 418 g/mol. The van der Waals surface area contributed by atoms with Crippen LogP contribution in [-0.2, 0) is 14.8 Å². The van der Waals surface area contributed by atoms with Gasteiger partial charge in [-0.3, -0.25) is 10.2 Å².